The fourth-order valence-corrected chi connectivity index (χ4v) is 4.77. The van der Waals surface area contributed by atoms with Crippen LogP contribution < -0.4 is 4.74 Å². The zero-order valence-electron chi connectivity index (χ0n) is 11.6. The first-order chi connectivity index (χ1) is 9.97. The van der Waals surface area contributed by atoms with Gasteiger partial charge >= 0.3 is 5.97 Å². The lowest BCUT2D eigenvalue weighted by atomic mass is 9.91. The van der Waals surface area contributed by atoms with Crippen molar-refractivity contribution in [1.29, 1.82) is 0 Å². The molecule has 3 rings (SSSR count). The van der Waals surface area contributed by atoms with Gasteiger partial charge in [-0.25, -0.2) is 0 Å². The Labute approximate surface area is 135 Å². The molecule has 1 aromatic heterocycles. The summed E-state index contributed by atoms with van der Waals surface area (Å²) in [6.07, 6.45) is 2.35. The molecule has 1 aromatic rings. The van der Waals surface area contributed by atoms with Crippen LogP contribution in [0.2, 0.25) is 0 Å². The van der Waals surface area contributed by atoms with Crippen molar-refractivity contribution in [3.8, 4) is 5.75 Å². The number of nitrogens with zero attached hydrogens (tertiary/aromatic N) is 1. The van der Waals surface area contributed by atoms with E-state index in [2.05, 4.69) is 15.9 Å². The summed E-state index contributed by atoms with van der Waals surface area (Å²) in [6, 6.07) is 1.75. The standard InChI is InChI=1S/C14H16BrNO4S/c1-20-9-6-10(21-11(9)15)12(17)16-4-2-14(3-5-16)7-8(14)13(18)19/h6,8H,2-5,7H2,1H3,(H,18,19). The molecule has 5 nitrogen and oxygen atoms in total. The second-order valence-electron chi connectivity index (χ2n) is 5.70. The Morgan fingerprint density at radius 3 is 2.62 bits per heavy atom. The maximum atomic E-state index is 12.5. The van der Waals surface area contributed by atoms with Crippen molar-refractivity contribution >= 4 is 39.1 Å². The fraction of sp³-hybridized carbons (Fsp3) is 0.571. The van der Waals surface area contributed by atoms with Crippen molar-refractivity contribution in [2.75, 3.05) is 20.2 Å². The number of rotatable bonds is 3. The number of thiophene rings is 1. The van der Waals surface area contributed by atoms with E-state index in [1.807, 2.05) is 4.90 Å². The average Bonchev–Trinajstić information content (AvgIpc) is 3.03. The van der Waals surface area contributed by atoms with Crippen LogP contribution in [0.5, 0.6) is 5.75 Å². The third-order valence-electron chi connectivity index (χ3n) is 4.62. The van der Waals surface area contributed by atoms with Gasteiger partial charge in [-0.05, 0) is 40.6 Å². The molecule has 1 spiro atoms. The van der Waals surface area contributed by atoms with Crippen molar-refractivity contribution in [1.82, 2.24) is 4.90 Å². The van der Waals surface area contributed by atoms with Crippen LogP contribution in [-0.2, 0) is 4.79 Å². The van der Waals surface area contributed by atoms with Crippen molar-refractivity contribution in [2.24, 2.45) is 11.3 Å². The first-order valence-electron chi connectivity index (χ1n) is 6.82. The van der Waals surface area contributed by atoms with Gasteiger partial charge in [0.15, 0.2) is 0 Å². The van der Waals surface area contributed by atoms with Gasteiger partial charge in [-0.3, -0.25) is 9.59 Å². The lowest BCUT2D eigenvalue weighted by molar-refractivity contribution is -0.139. The summed E-state index contributed by atoms with van der Waals surface area (Å²) in [4.78, 5) is 26.0. The van der Waals surface area contributed by atoms with Crippen LogP contribution in [0, 0.1) is 11.3 Å². The monoisotopic (exact) mass is 373 g/mol. The summed E-state index contributed by atoms with van der Waals surface area (Å²) < 4.78 is 5.99. The quantitative estimate of drug-likeness (QED) is 0.884. The van der Waals surface area contributed by atoms with Gasteiger partial charge in [-0.15, -0.1) is 11.3 Å². The van der Waals surface area contributed by atoms with Crippen LogP contribution in [0.1, 0.15) is 28.9 Å². The minimum atomic E-state index is -0.693. The molecule has 1 N–H and O–H groups in total. The highest BCUT2D eigenvalue weighted by Gasteiger charge is 2.59. The maximum absolute atomic E-state index is 12.5. The van der Waals surface area contributed by atoms with E-state index < -0.39 is 5.97 Å². The van der Waals surface area contributed by atoms with Crippen LogP contribution in [0.25, 0.3) is 0 Å². The summed E-state index contributed by atoms with van der Waals surface area (Å²) in [5.74, 6) is -0.219. The molecule has 0 radical (unpaired) electrons. The summed E-state index contributed by atoms with van der Waals surface area (Å²) in [5, 5.41) is 9.09. The lowest BCUT2D eigenvalue weighted by Crippen LogP contribution is -2.39. The number of carboxylic acids is 1. The first-order valence-corrected chi connectivity index (χ1v) is 8.43. The number of amides is 1. The molecule has 2 aliphatic rings. The molecule has 1 unspecified atom stereocenters. The molecule has 114 valence electrons. The maximum Gasteiger partial charge on any atom is 0.307 e. The minimum Gasteiger partial charge on any atom is -0.495 e. The molecule has 1 amide bonds. The second kappa shape index (κ2) is 5.28. The van der Waals surface area contributed by atoms with Gasteiger partial charge in [0.1, 0.15) is 9.54 Å². The van der Waals surface area contributed by atoms with E-state index in [0.29, 0.717) is 23.7 Å². The molecular weight excluding hydrogens is 358 g/mol. The number of hydrogen-bond acceptors (Lipinski definition) is 4. The number of carboxylic acid groups (broad SMARTS) is 1. The fourth-order valence-electron chi connectivity index (χ4n) is 3.16. The van der Waals surface area contributed by atoms with Gasteiger partial charge in [0.25, 0.3) is 5.91 Å². The number of halogens is 1. The highest BCUT2D eigenvalue weighted by molar-refractivity contribution is 9.11. The number of carbonyl (C=O) groups excluding carboxylic acids is 1. The van der Waals surface area contributed by atoms with Crippen molar-refractivity contribution in [2.45, 2.75) is 19.3 Å². The molecule has 2 fully saturated rings. The van der Waals surface area contributed by atoms with Crippen molar-refractivity contribution < 1.29 is 19.4 Å². The Kier molecular flexibility index (Phi) is 3.73. The average molecular weight is 374 g/mol. The number of hydrogen-bond donors (Lipinski definition) is 1. The normalized spacial score (nSPS) is 23.1. The summed E-state index contributed by atoms with van der Waals surface area (Å²) in [5.41, 5.74) is -0.0453. The van der Waals surface area contributed by atoms with Crippen LogP contribution in [0.15, 0.2) is 9.85 Å². The van der Waals surface area contributed by atoms with E-state index in [4.69, 9.17) is 9.84 Å². The molecule has 1 saturated carbocycles. The minimum absolute atomic E-state index is 0.00590. The number of carbonyl (C=O) groups is 2. The Hall–Kier alpha value is -1.08. The zero-order valence-corrected chi connectivity index (χ0v) is 14.0. The van der Waals surface area contributed by atoms with E-state index in [-0.39, 0.29) is 17.2 Å². The molecule has 1 atom stereocenters. The molecule has 7 heteroatoms. The number of ether oxygens (including phenoxy) is 1. The SMILES string of the molecule is COc1cc(C(=O)N2CCC3(CC2)CC3C(=O)O)sc1Br. The molecular formula is C14H16BrNO4S. The third kappa shape index (κ3) is 2.57. The highest BCUT2D eigenvalue weighted by atomic mass is 79.9. The van der Waals surface area contributed by atoms with E-state index in [1.54, 1.807) is 13.2 Å². The Morgan fingerprint density at radius 1 is 1.48 bits per heavy atom. The molecule has 1 aliphatic carbocycles. The smallest absolute Gasteiger partial charge is 0.307 e. The third-order valence-corrected chi connectivity index (χ3v) is 6.39. The molecule has 21 heavy (non-hydrogen) atoms. The van der Waals surface area contributed by atoms with E-state index in [1.165, 1.54) is 11.3 Å². The van der Waals surface area contributed by atoms with Gasteiger partial charge in [0.2, 0.25) is 0 Å². The van der Waals surface area contributed by atoms with Gasteiger partial charge in [0, 0.05) is 19.2 Å². The Bertz CT molecular complexity index is 592. The lowest BCUT2D eigenvalue weighted by Gasteiger charge is -2.32. The van der Waals surface area contributed by atoms with E-state index >= 15 is 0 Å². The summed E-state index contributed by atoms with van der Waals surface area (Å²) >= 11 is 4.75. The topological polar surface area (TPSA) is 66.8 Å². The van der Waals surface area contributed by atoms with Crippen LogP contribution in [0.4, 0.5) is 0 Å². The number of likely N-dealkylation sites (tertiary alicyclic amines) is 1. The molecule has 0 aromatic carbocycles. The number of methoxy groups -OCH3 is 1. The molecule has 1 aliphatic heterocycles. The Balaban J connectivity index is 1.64. The number of aliphatic carboxylic acids is 1. The first kappa shape index (κ1) is 14.8. The van der Waals surface area contributed by atoms with Gasteiger partial charge < -0.3 is 14.7 Å². The predicted molar refractivity (Wildman–Crippen MR) is 81.9 cm³/mol. The highest BCUT2D eigenvalue weighted by Crippen LogP contribution is 2.59. The molecule has 2 heterocycles. The van der Waals surface area contributed by atoms with Crippen molar-refractivity contribution in [3.05, 3.63) is 14.7 Å². The zero-order chi connectivity index (χ0) is 15.2. The predicted octanol–water partition coefficient (Wildman–Crippen LogP) is 2.85. The van der Waals surface area contributed by atoms with Gasteiger partial charge in [0.05, 0.1) is 17.9 Å². The molecule has 0 bridgehead atoms. The van der Waals surface area contributed by atoms with Crippen LogP contribution in [-0.4, -0.2) is 42.1 Å². The van der Waals surface area contributed by atoms with Crippen molar-refractivity contribution in [3.63, 3.8) is 0 Å². The summed E-state index contributed by atoms with van der Waals surface area (Å²) in [6.45, 7) is 1.28. The largest absolute Gasteiger partial charge is 0.495 e. The molecule has 1 saturated heterocycles. The van der Waals surface area contributed by atoms with E-state index in [9.17, 15) is 9.59 Å². The van der Waals surface area contributed by atoms with Crippen LogP contribution in [0.3, 0.4) is 0 Å². The Morgan fingerprint density at radius 2 is 2.14 bits per heavy atom. The van der Waals surface area contributed by atoms with E-state index in [0.717, 1.165) is 23.0 Å². The van der Waals surface area contributed by atoms with Crippen LogP contribution >= 0.6 is 27.3 Å². The van der Waals surface area contributed by atoms with Gasteiger partial charge in [-0.1, -0.05) is 0 Å². The second-order valence-corrected chi connectivity index (χ2v) is 8.07. The number of piperidine rings is 1. The summed E-state index contributed by atoms with van der Waals surface area (Å²) in [7, 11) is 1.57. The van der Waals surface area contributed by atoms with Gasteiger partial charge in [-0.2, -0.15) is 0 Å².